The molecule has 3 N–H and O–H groups in total. The number of rotatable bonds is 3. The van der Waals surface area contributed by atoms with Gasteiger partial charge in [-0.1, -0.05) is 0 Å². The average molecular weight is 338 g/mol. The van der Waals surface area contributed by atoms with Crippen LogP contribution in [-0.2, 0) is 14.3 Å². The van der Waals surface area contributed by atoms with Gasteiger partial charge < -0.3 is 14.6 Å². The molecule has 0 saturated carbocycles. The fraction of sp³-hybridized carbons (Fsp3) is 0.900. The largest absolute Gasteiger partial charge is 0.481 e. The zero-order valence-electron chi connectivity index (χ0n) is 10.7. The standard InChI is InChI=1S/C10H12F6N2O4/c11-9(12,13)7-17-3(1-21-7)5(6(19)20)4-2-22-8(18-4)10(14,15)16/h3-5,7-8,17-18H,1-2H2,(H,19,20). The summed E-state index contributed by atoms with van der Waals surface area (Å²) in [6.45, 7) is -1.17. The second-order valence-electron chi connectivity index (χ2n) is 4.92. The first-order valence-electron chi connectivity index (χ1n) is 6.11. The van der Waals surface area contributed by atoms with Crippen LogP contribution in [0.25, 0.3) is 0 Å². The van der Waals surface area contributed by atoms with Gasteiger partial charge in [0.2, 0.25) is 12.5 Å². The van der Waals surface area contributed by atoms with Gasteiger partial charge in [-0.05, 0) is 0 Å². The highest BCUT2D eigenvalue weighted by Crippen LogP contribution is 2.30. The molecular formula is C10H12F6N2O4. The SMILES string of the molecule is O=C(O)C(C1COC(C(F)(F)F)N1)C1COC(C(F)(F)F)N1. The normalized spacial score (nSPS) is 34.8. The van der Waals surface area contributed by atoms with Gasteiger partial charge in [0.25, 0.3) is 0 Å². The van der Waals surface area contributed by atoms with Crippen LogP contribution in [-0.4, -0.2) is 61.2 Å². The van der Waals surface area contributed by atoms with E-state index in [0.717, 1.165) is 0 Å². The molecule has 0 spiro atoms. The predicted molar refractivity (Wildman–Crippen MR) is 56.6 cm³/mol. The van der Waals surface area contributed by atoms with Crippen molar-refractivity contribution in [2.75, 3.05) is 13.2 Å². The number of carboxylic acids is 1. The summed E-state index contributed by atoms with van der Waals surface area (Å²) in [5.74, 6) is -3.12. The summed E-state index contributed by atoms with van der Waals surface area (Å²) >= 11 is 0. The molecule has 2 saturated heterocycles. The minimum absolute atomic E-state index is 0.587. The Morgan fingerprint density at radius 3 is 1.55 bits per heavy atom. The van der Waals surface area contributed by atoms with E-state index in [1.165, 1.54) is 0 Å². The first kappa shape index (κ1) is 17.2. The van der Waals surface area contributed by atoms with Crippen molar-refractivity contribution >= 4 is 5.97 Å². The summed E-state index contributed by atoms with van der Waals surface area (Å²) in [6.07, 6.45) is -14.2. The Balaban J connectivity index is 2.05. The number of carboxylic acid groups (broad SMARTS) is 1. The van der Waals surface area contributed by atoms with Gasteiger partial charge >= 0.3 is 18.3 Å². The quantitative estimate of drug-likeness (QED) is 0.648. The molecule has 0 bridgehead atoms. The molecule has 2 aliphatic rings. The molecule has 2 heterocycles. The minimum atomic E-state index is -4.74. The average Bonchev–Trinajstić information content (AvgIpc) is 2.95. The maximum atomic E-state index is 12.5. The number of alkyl halides is 6. The highest BCUT2D eigenvalue weighted by Gasteiger charge is 2.53. The van der Waals surface area contributed by atoms with E-state index in [9.17, 15) is 31.1 Å². The molecule has 4 unspecified atom stereocenters. The van der Waals surface area contributed by atoms with Crippen LogP contribution in [0.1, 0.15) is 0 Å². The summed E-state index contributed by atoms with van der Waals surface area (Å²) in [4.78, 5) is 11.2. The van der Waals surface area contributed by atoms with Crippen LogP contribution in [0.2, 0.25) is 0 Å². The van der Waals surface area contributed by atoms with Crippen LogP contribution in [0.5, 0.6) is 0 Å². The Morgan fingerprint density at radius 2 is 1.32 bits per heavy atom. The molecule has 0 aliphatic carbocycles. The second kappa shape index (κ2) is 5.83. The summed E-state index contributed by atoms with van der Waals surface area (Å²) in [6, 6.07) is -2.59. The number of nitrogens with one attached hydrogen (secondary N) is 2. The molecule has 2 rings (SSSR count). The molecule has 4 atom stereocenters. The number of ether oxygens (including phenoxy) is 2. The zero-order chi connectivity index (χ0) is 16.7. The van der Waals surface area contributed by atoms with Crippen molar-refractivity contribution in [3.63, 3.8) is 0 Å². The molecule has 0 radical (unpaired) electrons. The summed E-state index contributed by atoms with van der Waals surface area (Å²) < 4.78 is 83.7. The Hall–Kier alpha value is -1.11. The smallest absolute Gasteiger partial charge is 0.428 e. The van der Waals surface area contributed by atoms with Crippen molar-refractivity contribution in [1.82, 2.24) is 10.6 Å². The van der Waals surface area contributed by atoms with E-state index in [2.05, 4.69) is 9.47 Å². The van der Waals surface area contributed by atoms with Crippen LogP contribution >= 0.6 is 0 Å². The van der Waals surface area contributed by atoms with E-state index in [-0.39, 0.29) is 0 Å². The molecule has 22 heavy (non-hydrogen) atoms. The van der Waals surface area contributed by atoms with Crippen molar-refractivity contribution in [1.29, 1.82) is 0 Å². The van der Waals surface area contributed by atoms with Crippen LogP contribution < -0.4 is 10.6 Å². The van der Waals surface area contributed by atoms with Gasteiger partial charge in [-0.15, -0.1) is 0 Å². The van der Waals surface area contributed by atoms with Gasteiger partial charge in [0, 0.05) is 12.1 Å². The number of aliphatic carboxylic acids is 1. The maximum Gasteiger partial charge on any atom is 0.428 e. The van der Waals surface area contributed by atoms with Gasteiger partial charge in [0.15, 0.2) is 0 Å². The third-order valence-corrected chi connectivity index (χ3v) is 3.36. The fourth-order valence-electron chi connectivity index (χ4n) is 2.40. The zero-order valence-corrected chi connectivity index (χ0v) is 10.7. The van der Waals surface area contributed by atoms with E-state index in [0.29, 0.717) is 0 Å². The third kappa shape index (κ3) is 3.62. The summed E-state index contributed by atoms with van der Waals surface area (Å²) in [5, 5.41) is 13.0. The lowest BCUT2D eigenvalue weighted by atomic mass is 9.93. The summed E-state index contributed by atoms with van der Waals surface area (Å²) in [5.41, 5.74) is 0. The molecular weight excluding hydrogens is 326 g/mol. The van der Waals surface area contributed by atoms with Crippen LogP contribution in [0.4, 0.5) is 26.3 Å². The van der Waals surface area contributed by atoms with E-state index >= 15 is 0 Å². The molecule has 6 nitrogen and oxygen atoms in total. The number of halogens is 6. The van der Waals surface area contributed by atoms with Crippen molar-refractivity contribution < 1.29 is 45.7 Å². The Morgan fingerprint density at radius 1 is 0.955 bits per heavy atom. The van der Waals surface area contributed by atoms with Gasteiger partial charge in [0.05, 0.1) is 19.1 Å². The van der Waals surface area contributed by atoms with E-state index < -0.39 is 62.0 Å². The lowest BCUT2D eigenvalue weighted by Crippen LogP contribution is -2.53. The monoisotopic (exact) mass is 338 g/mol. The molecule has 128 valence electrons. The molecule has 0 amide bonds. The van der Waals surface area contributed by atoms with Crippen molar-refractivity contribution in [2.45, 2.75) is 36.9 Å². The van der Waals surface area contributed by atoms with Gasteiger partial charge in [-0.3, -0.25) is 15.4 Å². The second-order valence-corrected chi connectivity index (χ2v) is 4.92. The van der Waals surface area contributed by atoms with Crippen LogP contribution in [0.3, 0.4) is 0 Å². The van der Waals surface area contributed by atoms with Crippen molar-refractivity contribution in [3.05, 3.63) is 0 Å². The molecule has 12 heteroatoms. The first-order valence-corrected chi connectivity index (χ1v) is 6.11. The van der Waals surface area contributed by atoms with Gasteiger partial charge in [0.1, 0.15) is 0 Å². The Kier molecular flexibility index (Phi) is 4.57. The van der Waals surface area contributed by atoms with Gasteiger partial charge in [-0.25, -0.2) is 0 Å². The molecule has 0 aromatic carbocycles. The first-order chi connectivity index (χ1) is 10.00. The molecule has 0 aromatic rings. The van der Waals surface area contributed by atoms with Crippen LogP contribution in [0, 0.1) is 5.92 Å². The Bertz CT molecular complexity index is 397. The van der Waals surface area contributed by atoms with E-state index in [4.69, 9.17) is 5.11 Å². The minimum Gasteiger partial charge on any atom is -0.481 e. The lowest BCUT2D eigenvalue weighted by molar-refractivity contribution is -0.212. The predicted octanol–water partition coefficient (Wildman–Crippen LogP) is 0.441. The topological polar surface area (TPSA) is 79.8 Å². The lowest BCUT2D eigenvalue weighted by Gasteiger charge is -2.25. The highest BCUT2D eigenvalue weighted by molar-refractivity contribution is 5.72. The Labute approximate surface area is 119 Å². The third-order valence-electron chi connectivity index (χ3n) is 3.36. The van der Waals surface area contributed by atoms with Gasteiger partial charge in [-0.2, -0.15) is 26.3 Å². The fourth-order valence-corrected chi connectivity index (χ4v) is 2.40. The van der Waals surface area contributed by atoms with Crippen LogP contribution in [0.15, 0.2) is 0 Å². The van der Waals surface area contributed by atoms with E-state index in [1.807, 2.05) is 10.6 Å². The highest BCUT2D eigenvalue weighted by atomic mass is 19.4. The van der Waals surface area contributed by atoms with Crippen molar-refractivity contribution in [3.8, 4) is 0 Å². The number of hydrogen-bond donors (Lipinski definition) is 3. The maximum absolute atomic E-state index is 12.5. The molecule has 2 aliphatic heterocycles. The van der Waals surface area contributed by atoms with E-state index in [1.54, 1.807) is 0 Å². The molecule has 2 fully saturated rings. The number of hydrogen-bond acceptors (Lipinski definition) is 5. The summed E-state index contributed by atoms with van der Waals surface area (Å²) in [7, 11) is 0. The van der Waals surface area contributed by atoms with Crippen molar-refractivity contribution in [2.24, 2.45) is 5.92 Å². The molecule has 0 aromatic heterocycles. The number of carbonyl (C=O) groups is 1.